The molecular formula is C32H32N2O2S3. The first-order valence-corrected chi connectivity index (χ1v) is 16.5. The van der Waals surface area contributed by atoms with Gasteiger partial charge < -0.3 is 0 Å². The van der Waals surface area contributed by atoms with Crippen molar-refractivity contribution in [1.29, 1.82) is 0 Å². The molecule has 0 fully saturated rings. The molecule has 0 N–H and O–H groups in total. The summed E-state index contributed by atoms with van der Waals surface area (Å²) in [5.41, 5.74) is 8.53. The Morgan fingerprint density at radius 1 is 0.692 bits per heavy atom. The summed E-state index contributed by atoms with van der Waals surface area (Å²) in [5.74, 6) is 0. The minimum atomic E-state index is -3.16. The third-order valence-corrected chi connectivity index (χ3v) is 10.6. The van der Waals surface area contributed by atoms with E-state index in [0.29, 0.717) is 4.90 Å². The standard InChI is InChI=1S/C16H15NO2S2.C16H17NS/c1-10-4-5-11(2)15-14(10)17-16(20-15)12-6-8-13(9-7-12)21(3,18)19;1-11-7-6-8-12(2)15-14(11)17-16(18-15)13-9-4-3-5-10-13/h4-9H,1-3H3;3-5,9-10H,6-8H2,1-2H3. The summed E-state index contributed by atoms with van der Waals surface area (Å²) in [5, 5.41) is 3.32. The zero-order chi connectivity index (χ0) is 27.7. The molecular weight excluding hydrogens is 541 g/mol. The number of nitrogens with zero attached hydrogens (tertiary/aromatic N) is 2. The fraction of sp³-hybridized carbons (Fsp3) is 0.250. The van der Waals surface area contributed by atoms with Crippen LogP contribution in [0.15, 0.2) is 71.6 Å². The van der Waals surface area contributed by atoms with Crippen molar-refractivity contribution in [2.24, 2.45) is 0 Å². The van der Waals surface area contributed by atoms with Gasteiger partial charge in [0, 0.05) is 17.4 Å². The summed E-state index contributed by atoms with van der Waals surface area (Å²) in [6.07, 6.45) is 4.87. The highest BCUT2D eigenvalue weighted by atomic mass is 32.2. The molecule has 0 saturated carbocycles. The van der Waals surface area contributed by atoms with Crippen LogP contribution in [0.5, 0.6) is 0 Å². The number of fused-ring (bicyclic) bond motifs is 2. The molecule has 0 amide bonds. The van der Waals surface area contributed by atoms with Gasteiger partial charge in [-0.1, -0.05) is 60.2 Å². The topological polar surface area (TPSA) is 59.9 Å². The van der Waals surface area contributed by atoms with Crippen molar-refractivity contribution >= 4 is 53.9 Å². The molecule has 0 aliphatic heterocycles. The van der Waals surface area contributed by atoms with Crippen molar-refractivity contribution in [2.75, 3.05) is 6.26 Å². The summed E-state index contributed by atoms with van der Waals surface area (Å²) < 4.78 is 25.6. The van der Waals surface area contributed by atoms with Crippen LogP contribution in [0, 0.1) is 13.8 Å². The van der Waals surface area contributed by atoms with E-state index in [1.54, 1.807) is 23.5 Å². The molecule has 0 radical (unpaired) electrons. The highest BCUT2D eigenvalue weighted by molar-refractivity contribution is 7.90. The second-order valence-electron chi connectivity index (χ2n) is 10.2. The zero-order valence-electron chi connectivity index (χ0n) is 22.9. The van der Waals surface area contributed by atoms with Crippen LogP contribution in [0.2, 0.25) is 0 Å². The molecule has 2 aromatic heterocycles. The highest BCUT2D eigenvalue weighted by Gasteiger charge is 2.12. The molecule has 0 unspecified atom stereocenters. The Kier molecular flexibility index (Phi) is 7.85. The molecule has 4 nitrogen and oxygen atoms in total. The Morgan fingerprint density at radius 3 is 1.97 bits per heavy atom. The molecule has 0 spiro atoms. The van der Waals surface area contributed by atoms with E-state index in [9.17, 15) is 8.42 Å². The van der Waals surface area contributed by atoms with Gasteiger partial charge in [0.05, 0.1) is 25.0 Å². The van der Waals surface area contributed by atoms with E-state index in [0.717, 1.165) is 26.7 Å². The summed E-state index contributed by atoms with van der Waals surface area (Å²) in [4.78, 5) is 9.91. The molecule has 39 heavy (non-hydrogen) atoms. The number of hydrogen-bond acceptors (Lipinski definition) is 6. The zero-order valence-corrected chi connectivity index (χ0v) is 25.4. The lowest BCUT2D eigenvalue weighted by molar-refractivity contribution is 0.602. The van der Waals surface area contributed by atoms with E-state index in [-0.39, 0.29) is 0 Å². The first-order chi connectivity index (χ1) is 18.6. The number of rotatable bonds is 3. The largest absolute Gasteiger partial charge is 0.236 e. The van der Waals surface area contributed by atoms with Crippen molar-refractivity contribution in [3.05, 3.63) is 87.7 Å². The van der Waals surface area contributed by atoms with Crippen molar-refractivity contribution < 1.29 is 8.42 Å². The smallest absolute Gasteiger partial charge is 0.175 e. The summed E-state index contributed by atoms with van der Waals surface area (Å²) in [6.45, 7) is 8.62. The van der Waals surface area contributed by atoms with Gasteiger partial charge in [-0.15, -0.1) is 22.7 Å². The summed E-state index contributed by atoms with van der Waals surface area (Å²) in [7, 11) is -3.16. The van der Waals surface area contributed by atoms with Crippen LogP contribution in [-0.2, 0) is 9.84 Å². The van der Waals surface area contributed by atoms with E-state index in [1.807, 2.05) is 23.5 Å². The maximum absolute atomic E-state index is 11.5. The van der Waals surface area contributed by atoms with Gasteiger partial charge in [0.1, 0.15) is 10.0 Å². The predicted molar refractivity (Wildman–Crippen MR) is 166 cm³/mol. The van der Waals surface area contributed by atoms with Gasteiger partial charge in [-0.05, 0) is 75.8 Å². The third kappa shape index (κ3) is 5.91. The van der Waals surface area contributed by atoms with E-state index >= 15 is 0 Å². The average Bonchev–Trinajstić information content (AvgIpc) is 3.55. The van der Waals surface area contributed by atoms with Crippen molar-refractivity contribution in [1.82, 2.24) is 9.97 Å². The van der Waals surface area contributed by atoms with Crippen LogP contribution in [0.25, 0.3) is 42.5 Å². The Morgan fingerprint density at radius 2 is 1.31 bits per heavy atom. The van der Waals surface area contributed by atoms with Crippen LogP contribution < -0.4 is 9.88 Å². The lowest BCUT2D eigenvalue weighted by Crippen LogP contribution is -2.24. The predicted octanol–water partition coefficient (Wildman–Crippen LogP) is 7.32. The minimum absolute atomic E-state index is 0.333. The fourth-order valence-corrected chi connectivity index (χ4v) is 7.61. The number of benzene rings is 3. The monoisotopic (exact) mass is 572 g/mol. The minimum Gasteiger partial charge on any atom is -0.236 e. The van der Waals surface area contributed by atoms with Gasteiger partial charge in [0.25, 0.3) is 0 Å². The van der Waals surface area contributed by atoms with Crippen molar-refractivity contribution in [2.45, 2.75) is 51.9 Å². The van der Waals surface area contributed by atoms with Gasteiger partial charge in [-0.2, -0.15) is 0 Å². The van der Waals surface area contributed by atoms with Gasteiger partial charge in [0.15, 0.2) is 9.84 Å². The Balaban J connectivity index is 0.000000160. The molecule has 200 valence electrons. The normalized spacial score (nSPS) is 13.6. The second kappa shape index (κ2) is 11.2. The average molecular weight is 573 g/mol. The van der Waals surface area contributed by atoms with Crippen LogP contribution in [0.1, 0.15) is 44.2 Å². The van der Waals surface area contributed by atoms with Crippen LogP contribution in [0.4, 0.5) is 0 Å². The second-order valence-corrected chi connectivity index (χ2v) is 14.2. The molecule has 6 rings (SSSR count). The third-order valence-electron chi connectivity index (χ3n) is 7.01. The quantitative estimate of drug-likeness (QED) is 0.227. The molecule has 7 heteroatoms. The van der Waals surface area contributed by atoms with Crippen molar-refractivity contribution in [3.63, 3.8) is 0 Å². The lowest BCUT2D eigenvalue weighted by atomic mass is 10.1. The maximum Gasteiger partial charge on any atom is 0.175 e. The summed E-state index contributed by atoms with van der Waals surface area (Å²) >= 11 is 3.49. The molecule has 1 aliphatic rings. The molecule has 5 aromatic rings. The molecule has 0 bridgehead atoms. The molecule has 1 aliphatic carbocycles. The number of sulfone groups is 1. The van der Waals surface area contributed by atoms with Gasteiger partial charge in [-0.3, -0.25) is 0 Å². The van der Waals surface area contributed by atoms with Crippen LogP contribution in [-0.4, -0.2) is 24.6 Å². The first-order valence-electron chi connectivity index (χ1n) is 13.0. The number of aromatic nitrogens is 2. The van der Waals surface area contributed by atoms with Gasteiger partial charge >= 0.3 is 0 Å². The summed E-state index contributed by atoms with van der Waals surface area (Å²) in [6, 6.07) is 21.6. The van der Waals surface area contributed by atoms with E-state index in [2.05, 4.69) is 70.2 Å². The number of hydrogen-bond donors (Lipinski definition) is 0. The first kappa shape index (κ1) is 27.4. The van der Waals surface area contributed by atoms with Crippen LogP contribution >= 0.6 is 22.7 Å². The molecule has 0 atom stereocenters. The Labute approximate surface area is 238 Å². The maximum atomic E-state index is 11.5. The van der Waals surface area contributed by atoms with E-state index in [4.69, 9.17) is 9.97 Å². The molecule has 0 saturated heterocycles. The van der Waals surface area contributed by atoms with E-state index < -0.39 is 9.84 Å². The van der Waals surface area contributed by atoms with E-state index in [1.165, 1.54) is 62.4 Å². The Bertz CT molecular complexity index is 1800. The van der Waals surface area contributed by atoms with Crippen molar-refractivity contribution in [3.8, 4) is 21.1 Å². The number of aryl methyl sites for hydroxylation is 2. The van der Waals surface area contributed by atoms with Crippen LogP contribution in [0.3, 0.4) is 0 Å². The highest BCUT2D eigenvalue weighted by Crippen LogP contribution is 2.34. The SMILES string of the molecule is CC1=c2nc(-c3ccccc3)sc2=C(C)CCC1.Cc1ccc(C)c2sc(-c3ccc(S(C)(=O)=O)cc3)nc12. The van der Waals surface area contributed by atoms with Gasteiger partial charge in [0.2, 0.25) is 0 Å². The molecule has 2 heterocycles. The van der Waals surface area contributed by atoms with Gasteiger partial charge in [-0.25, -0.2) is 18.4 Å². The molecule has 3 aromatic carbocycles. The fourth-order valence-electron chi connectivity index (χ4n) is 4.68. The Hall–Kier alpha value is -3.13. The lowest BCUT2D eigenvalue weighted by Gasteiger charge is -1.99. The number of thiazole rings is 2.